The lowest BCUT2D eigenvalue weighted by molar-refractivity contribution is 0.412. The Kier molecular flexibility index (Phi) is 5.58. The molecule has 0 aliphatic heterocycles. The number of methoxy groups -OCH3 is 1. The average molecular weight is 272 g/mol. The van der Waals surface area contributed by atoms with Gasteiger partial charge in [-0.1, -0.05) is 12.1 Å². The minimum Gasteiger partial charge on any atom is -0.497 e. The van der Waals surface area contributed by atoms with Gasteiger partial charge in [-0.3, -0.25) is 0 Å². The Morgan fingerprint density at radius 3 is 2.33 bits per heavy atom. The molecule has 18 heavy (non-hydrogen) atoms. The van der Waals surface area contributed by atoms with Crippen molar-refractivity contribution >= 4 is 10.0 Å². The summed E-state index contributed by atoms with van der Waals surface area (Å²) >= 11 is 0. The minimum absolute atomic E-state index is 0.00950. The Balaban J connectivity index is 2.53. The Labute approximate surface area is 109 Å². The molecule has 0 fully saturated rings. The van der Waals surface area contributed by atoms with Crippen molar-refractivity contribution in [1.29, 1.82) is 0 Å². The lowest BCUT2D eigenvalue weighted by Gasteiger charge is -2.11. The molecule has 1 rings (SSSR count). The van der Waals surface area contributed by atoms with Gasteiger partial charge in [-0.25, -0.2) is 13.1 Å². The van der Waals surface area contributed by atoms with Gasteiger partial charge in [0.1, 0.15) is 5.75 Å². The van der Waals surface area contributed by atoms with Gasteiger partial charge in [0.05, 0.1) is 12.9 Å². The number of nitrogens with zero attached hydrogens (tertiary/aromatic N) is 1. The summed E-state index contributed by atoms with van der Waals surface area (Å²) in [5.74, 6) is 0.710. The van der Waals surface area contributed by atoms with Crippen molar-refractivity contribution in [2.24, 2.45) is 0 Å². The quantitative estimate of drug-likeness (QED) is 0.793. The zero-order valence-electron chi connectivity index (χ0n) is 11.0. The highest BCUT2D eigenvalue weighted by molar-refractivity contribution is 7.88. The normalized spacial score (nSPS) is 11.8. The molecule has 1 aromatic rings. The van der Waals surface area contributed by atoms with Gasteiger partial charge in [0, 0.05) is 13.1 Å². The summed E-state index contributed by atoms with van der Waals surface area (Å²) in [5, 5.41) is 0. The smallest absolute Gasteiger partial charge is 0.215 e. The van der Waals surface area contributed by atoms with Crippen LogP contribution >= 0.6 is 0 Å². The maximum absolute atomic E-state index is 11.8. The number of hydrogen-bond donors (Lipinski definition) is 1. The molecule has 0 amide bonds. The average Bonchev–Trinajstić information content (AvgIpc) is 2.28. The molecular formula is C12H20N2O3S. The van der Waals surface area contributed by atoms with Crippen molar-refractivity contribution in [2.45, 2.75) is 5.75 Å². The van der Waals surface area contributed by atoms with E-state index in [1.165, 1.54) is 0 Å². The molecule has 0 aliphatic carbocycles. The second-order valence-corrected chi connectivity index (χ2v) is 6.11. The Morgan fingerprint density at radius 1 is 1.22 bits per heavy atom. The van der Waals surface area contributed by atoms with Gasteiger partial charge in [0.2, 0.25) is 10.0 Å². The molecule has 0 atom stereocenters. The Morgan fingerprint density at radius 2 is 1.83 bits per heavy atom. The van der Waals surface area contributed by atoms with Crippen molar-refractivity contribution in [3.8, 4) is 5.75 Å². The van der Waals surface area contributed by atoms with Crippen LogP contribution in [0, 0.1) is 0 Å². The van der Waals surface area contributed by atoms with E-state index < -0.39 is 10.0 Å². The molecule has 0 saturated heterocycles. The topological polar surface area (TPSA) is 58.6 Å². The van der Waals surface area contributed by atoms with E-state index in [4.69, 9.17) is 4.74 Å². The van der Waals surface area contributed by atoms with Gasteiger partial charge < -0.3 is 9.64 Å². The van der Waals surface area contributed by atoms with Gasteiger partial charge in [-0.05, 0) is 31.8 Å². The number of sulfonamides is 1. The molecule has 0 heterocycles. The van der Waals surface area contributed by atoms with Crippen LogP contribution in [0.15, 0.2) is 24.3 Å². The number of rotatable bonds is 7. The predicted octanol–water partition coefficient (Wildman–Crippen LogP) is 0.676. The van der Waals surface area contributed by atoms with E-state index in [0.717, 1.165) is 11.3 Å². The second kappa shape index (κ2) is 6.72. The van der Waals surface area contributed by atoms with Crippen molar-refractivity contribution in [3.63, 3.8) is 0 Å². The van der Waals surface area contributed by atoms with Gasteiger partial charge in [-0.2, -0.15) is 0 Å². The molecule has 0 aromatic heterocycles. The maximum atomic E-state index is 11.8. The van der Waals surface area contributed by atoms with E-state index in [1.807, 2.05) is 19.0 Å². The fourth-order valence-corrected chi connectivity index (χ4v) is 2.55. The van der Waals surface area contributed by atoms with E-state index in [-0.39, 0.29) is 5.75 Å². The van der Waals surface area contributed by atoms with Crippen molar-refractivity contribution in [2.75, 3.05) is 34.3 Å². The van der Waals surface area contributed by atoms with Crippen LogP contribution in [0.1, 0.15) is 5.56 Å². The molecule has 0 bridgehead atoms. The van der Waals surface area contributed by atoms with Crippen LogP contribution in [0.25, 0.3) is 0 Å². The zero-order chi connectivity index (χ0) is 13.6. The summed E-state index contributed by atoms with van der Waals surface area (Å²) in [6.45, 7) is 1.10. The third kappa shape index (κ3) is 5.48. The molecule has 0 unspecified atom stereocenters. The van der Waals surface area contributed by atoms with Crippen LogP contribution in [-0.2, 0) is 15.8 Å². The Bertz CT molecular complexity index is 455. The zero-order valence-corrected chi connectivity index (χ0v) is 11.8. The van der Waals surface area contributed by atoms with Crippen LogP contribution in [0.4, 0.5) is 0 Å². The summed E-state index contributed by atoms with van der Waals surface area (Å²) in [6, 6.07) is 7.02. The van der Waals surface area contributed by atoms with E-state index in [2.05, 4.69) is 4.72 Å². The molecule has 102 valence electrons. The largest absolute Gasteiger partial charge is 0.497 e. The molecule has 0 saturated carbocycles. The van der Waals surface area contributed by atoms with E-state index in [1.54, 1.807) is 31.4 Å². The number of benzene rings is 1. The first kappa shape index (κ1) is 14.9. The summed E-state index contributed by atoms with van der Waals surface area (Å²) in [5.41, 5.74) is 0.744. The first-order chi connectivity index (χ1) is 8.43. The van der Waals surface area contributed by atoms with Gasteiger partial charge in [0.15, 0.2) is 0 Å². The molecule has 1 aromatic carbocycles. The third-order valence-corrected chi connectivity index (χ3v) is 3.75. The molecule has 0 radical (unpaired) electrons. The Hall–Kier alpha value is -1.11. The van der Waals surface area contributed by atoms with E-state index in [0.29, 0.717) is 13.1 Å². The summed E-state index contributed by atoms with van der Waals surface area (Å²) in [4.78, 5) is 1.93. The molecule has 6 heteroatoms. The van der Waals surface area contributed by atoms with E-state index >= 15 is 0 Å². The number of likely N-dealkylation sites (N-methyl/N-ethyl adjacent to an activating group) is 1. The fraction of sp³-hybridized carbons (Fsp3) is 0.500. The second-order valence-electron chi connectivity index (χ2n) is 4.30. The van der Waals surface area contributed by atoms with Gasteiger partial charge in [0.25, 0.3) is 0 Å². The monoisotopic (exact) mass is 272 g/mol. The molecule has 0 aliphatic rings. The summed E-state index contributed by atoms with van der Waals surface area (Å²) in [6.07, 6.45) is 0. The van der Waals surface area contributed by atoms with Crippen LogP contribution in [0.2, 0.25) is 0 Å². The lowest BCUT2D eigenvalue weighted by Crippen LogP contribution is -2.32. The minimum atomic E-state index is -3.27. The first-order valence-electron chi connectivity index (χ1n) is 5.68. The fourth-order valence-electron chi connectivity index (χ4n) is 1.42. The highest BCUT2D eigenvalue weighted by atomic mass is 32.2. The van der Waals surface area contributed by atoms with Gasteiger partial charge >= 0.3 is 0 Å². The van der Waals surface area contributed by atoms with E-state index in [9.17, 15) is 8.42 Å². The van der Waals surface area contributed by atoms with Crippen molar-refractivity contribution in [3.05, 3.63) is 29.8 Å². The SMILES string of the molecule is COc1ccc(CS(=O)(=O)NCCN(C)C)cc1. The molecular weight excluding hydrogens is 252 g/mol. The number of ether oxygens (including phenoxy) is 1. The van der Waals surface area contributed by atoms with Crippen molar-refractivity contribution in [1.82, 2.24) is 9.62 Å². The third-order valence-electron chi connectivity index (χ3n) is 2.40. The molecule has 0 spiro atoms. The molecule has 1 N–H and O–H groups in total. The first-order valence-corrected chi connectivity index (χ1v) is 7.33. The standard InChI is InChI=1S/C12H20N2O3S/c1-14(2)9-8-13-18(15,16)10-11-4-6-12(17-3)7-5-11/h4-7,13H,8-10H2,1-3H3. The summed E-state index contributed by atoms with van der Waals surface area (Å²) in [7, 11) is 2.11. The maximum Gasteiger partial charge on any atom is 0.215 e. The number of hydrogen-bond acceptors (Lipinski definition) is 4. The van der Waals surface area contributed by atoms with Crippen LogP contribution in [0.5, 0.6) is 5.75 Å². The number of nitrogens with one attached hydrogen (secondary N) is 1. The molecule has 5 nitrogen and oxygen atoms in total. The summed E-state index contributed by atoms with van der Waals surface area (Å²) < 4.78 is 31.1. The highest BCUT2D eigenvalue weighted by Crippen LogP contribution is 2.12. The lowest BCUT2D eigenvalue weighted by atomic mass is 10.2. The van der Waals surface area contributed by atoms with Crippen LogP contribution in [0.3, 0.4) is 0 Å². The van der Waals surface area contributed by atoms with Crippen LogP contribution in [-0.4, -0.2) is 47.6 Å². The van der Waals surface area contributed by atoms with Crippen LogP contribution < -0.4 is 9.46 Å². The predicted molar refractivity (Wildman–Crippen MR) is 72.2 cm³/mol. The van der Waals surface area contributed by atoms with Crippen molar-refractivity contribution < 1.29 is 13.2 Å². The highest BCUT2D eigenvalue weighted by Gasteiger charge is 2.10. The van der Waals surface area contributed by atoms with Gasteiger partial charge in [-0.15, -0.1) is 0 Å².